The first-order valence-electron chi connectivity index (χ1n) is 20.3. The van der Waals surface area contributed by atoms with E-state index in [0.717, 1.165) is 76.6 Å². The first kappa shape index (κ1) is 38.3. The van der Waals surface area contributed by atoms with E-state index >= 15 is 0 Å². The van der Waals surface area contributed by atoms with Gasteiger partial charge in [-0.2, -0.15) is 4.57 Å². The number of unbranched alkanes of at least 4 members (excludes halogenated alkanes) is 5. The number of hydrogen-bond donors (Lipinski definition) is 5. The van der Waals surface area contributed by atoms with E-state index in [9.17, 15) is 0 Å². The van der Waals surface area contributed by atoms with Crippen LogP contribution in [0.25, 0.3) is 33.6 Å². The maximum absolute atomic E-state index is 6.42. The van der Waals surface area contributed by atoms with Crippen molar-refractivity contribution in [1.82, 2.24) is 5.32 Å². The molecule has 1 aliphatic rings. The number of nitrogens with one attached hydrogen (secondary N) is 3. The molecule has 0 atom stereocenters. The molecule has 1 aromatic heterocycles. The average molecular weight is 742 g/mol. The summed E-state index contributed by atoms with van der Waals surface area (Å²) in [6.45, 7) is 10.5. The van der Waals surface area contributed by atoms with Gasteiger partial charge in [0.2, 0.25) is 16.7 Å². The van der Waals surface area contributed by atoms with Crippen LogP contribution in [0.2, 0.25) is 0 Å². The topological polar surface area (TPSA) is 92.0 Å². The number of hydrogen-bond acceptors (Lipinski definition) is 5. The van der Waals surface area contributed by atoms with E-state index in [1.54, 1.807) is 0 Å². The summed E-state index contributed by atoms with van der Waals surface area (Å²) < 4.78 is 2.35. The number of allylic oxidation sites excluding steroid dienone is 4. The van der Waals surface area contributed by atoms with E-state index in [2.05, 4.69) is 145 Å². The van der Waals surface area contributed by atoms with Crippen LogP contribution in [0.15, 0.2) is 132 Å². The minimum atomic E-state index is 0.796. The summed E-state index contributed by atoms with van der Waals surface area (Å²) in [7, 11) is 0. The van der Waals surface area contributed by atoms with E-state index in [0.29, 0.717) is 0 Å². The number of nitrogens with two attached hydrogens (primary N) is 2. The van der Waals surface area contributed by atoms with Gasteiger partial charge in [-0.25, -0.2) is 0 Å². The molecule has 0 bridgehead atoms. The summed E-state index contributed by atoms with van der Waals surface area (Å²) in [6.07, 6.45) is 15.2. The summed E-state index contributed by atoms with van der Waals surface area (Å²) in [4.78, 5) is 0. The van der Waals surface area contributed by atoms with Gasteiger partial charge in [-0.3, -0.25) is 0 Å². The number of benzene rings is 5. The van der Waals surface area contributed by atoms with Crippen LogP contribution in [0.5, 0.6) is 0 Å². The van der Waals surface area contributed by atoms with Crippen LogP contribution in [-0.4, -0.2) is 13.1 Å². The van der Waals surface area contributed by atoms with Crippen molar-refractivity contribution in [3.05, 3.63) is 154 Å². The smallest absolute Gasteiger partial charge is 0.221 e. The number of para-hydroxylation sites is 2. The summed E-state index contributed by atoms with van der Waals surface area (Å²) in [5.41, 5.74) is 29.5. The molecule has 286 valence electrons. The highest BCUT2D eigenvalue weighted by Gasteiger charge is 2.20. The lowest BCUT2D eigenvalue weighted by atomic mass is 9.96. The van der Waals surface area contributed by atoms with Crippen LogP contribution in [0, 0.1) is 20.8 Å². The molecule has 0 amide bonds. The zero-order valence-corrected chi connectivity index (χ0v) is 33.5. The minimum absolute atomic E-state index is 0.796. The second-order valence-electron chi connectivity index (χ2n) is 15.4. The van der Waals surface area contributed by atoms with Crippen molar-refractivity contribution in [2.45, 2.75) is 72.6 Å². The molecule has 7 N–H and O–H groups in total. The van der Waals surface area contributed by atoms with Gasteiger partial charge in [0.1, 0.15) is 0 Å². The van der Waals surface area contributed by atoms with E-state index in [-0.39, 0.29) is 0 Å². The Bertz CT molecular complexity index is 2420. The standard InChI is InChI=1S/C50H56N6/c1-34-26-39(48(31-44(34)51)55-42-17-11-9-12-18-42)29-38-21-22-46(36(3)25-38)53-23-15-7-5-6-8-16-24-54-47-33-50-41(28-37(47)4)30-40-27-35(2)45(52)32-49(40)56(50)43-19-13-10-14-20-43/h9-14,17-20,22,25-33,53,55H,5-8,15-16,21,23-24,51H2,1-4H3,(H2,52,54)/p+1/b38-29+. The number of pyridine rings is 1. The minimum Gasteiger partial charge on any atom is -0.398 e. The number of aromatic nitrogens is 1. The Balaban J connectivity index is 0.863. The van der Waals surface area contributed by atoms with Crippen molar-refractivity contribution in [2.75, 3.05) is 35.2 Å². The number of anilines is 5. The SMILES string of the molecule is CC1=C/C(=C/c2cc(C)c(N)cc2Nc2ccccc2)CC=C1NCCCCCCCCNc1cc2c(cc1C)cc1cc(C)c(N)cc1[n+]2-c1ccccc1. The molecule has 1 heterocycles. The van der Waals surface area contributed by atoms with Crippen LogP contribution >= 0.6 is 0 Å². The Morgan fingerprint density at radius 2 is 1.21 bits per heavy atom. The van der Waals surface area contributed by atoms with Crippen molar-refractivity contribution < 1.29 is 4.57 Å². The predicted molar refractivity (Wildman–Crippen MR) is 241 cm³/mol. The van der Waals surface area contributed by atoms with Gasteiger partial charge in [0, 0.05) is 82.3 Å². The van der Waals surface area contributed by atoms with Gasteiger partial charge in [0.05, 0.1) is 0 Å². The molecular weight excluding hydrogens is 685 g/mol. The monoisotopic (exact) mass is 741 g/mol. The Kier molecular flexibility index (Phi) is 12.1. The van der Waals surface area contributed by atoms with Crippen molar-refractivity contribution in [3.63, 3.8) is 0 Å². The van der Waals surface area contributed by atoms with Crippen LogP contribution in [0.4, 0.5) is 28.4 Å². The second kappa shape index (κ2) is 17.6. The molecule has 0 unspecified atom stereocenters. The summed E-state index contributed by atoms with van der Waals surface area (Å²) >= 11 is 0. The first-order chi connectivity index (χ1) is 27.2. The second-order valence-corrected chi connectivity index (χ2v) is 15.4. The normalized spacial score (nSPS) is 13.5. The molecular formula is C50H57N6+. The first-order valence-corrected chi connectivity index (χ1v) is 20.3. The predicted octanol–water partition coefficient (Wildman–Crippen LogP) is 11.8. The van der Waals surface area contributed by atoms with Crippen LogP contribution < -0.4 is 32.0 Å². The number of rotatable bonds is 15. The van der Waals surface area contributed by atoms with Gasteiger partial charge in [-0.15, -0.1) is 0 Å². The molecule has 0 fully saturated rings. The zero-order chi connectivity index (χ0) is 39.0. The summed E-state index contributed by atoms with van der Waals surface area (Å²) in [5, 5.41) is 13.5. The van der Waals surface area contributed by atoms with Crippen LogP contribution in [0.1, 0.15) is 74.1 Å². The lowest BCUT2D eigenvalue weighted by Gasteiger charge is -2.18. The Labute approximate surface area is 333 Å². The lowest BCUT2D eigenvalue weighted by molar-refractivity contribution is -0.537. The molecule has 1 aliphatic carbocycles. The number of nitrogens with zero attached hydrogens (tertiary/aromatic N) is 1. The quantitative estimate of drug-likeness (QED) is 0.0313. The van der Waals surface area contributed by atoms with Crippen molar-refractivity contribution in [3.8, 4) is 5.69 Å². The molecule has 6 nitrogen and oxygen atoms in total. The van der Waals surface area contributed by atoms with Crippen LogP contribution in [-0.2, 0) is 0 Å². The molecule has 56 heavy (non-hydrogen) atoms. The third-order valence-corrected chi connectivity index (χ3v) is 11.0. The lowest BCUT2D eigenvalue weighted by Crippen LogP contribution is -2.33. The number of aryl methyl sites for hydroxylation is 3. The maximum atomic E-state index is 6.42. The number of fused-ring (bicyclic) bond motifs is 2. The van der Waals surface area contributed by atoms with Crippen molar-refractivity contribution >= 4 is 56.3 Å². The Morgan fingerprint density at radius 1 is 0.607 bits per heavy atom. The zero-order valence-electron chi connectivity index (χ0n) is 33.5. The molecule has 0 saturated carbocycles. The Morgan fingerprint density at radius 3 is 1.93 bits per heavy atom. The van der Waals surface area contributed by atoms with Gasteiger partial charge in [-0.1, -0.05) is 74.2 Å². The molecule has 0 aliphatic heterocycles. The number of nitrogen functional groups attached to an aromatic ring is 2. The van der Waals surface area contributed by atoms with Gasteiger partial charge in [-0.05, 0) is 129 Å². The fourth-order valence-electron chi connectivity index (χ4n) is 7.78. The highest BCUT2D eigenvalue weighted by Crippen LogP contribution is 2.32. The highest BCUT2D eigenvalue weighted by atomic mass is 15.0. The van der Waals surface area contributed by atoms with E-state index < -0.39 is 0 Å². The highest BCUT2D eigenvalue weighted by molar-refractivity contribution is 5.93. The molecule has 6 aromatic rings. The van der Waals surface area contributed by atoms with Crippen molar-refractivity contribution in [2.24, 2.45) is 0 Å². The van der Waals surface area contributed by atoms with Gasteiger partial charge < -0.3 is 27.4 Å². The molecule has 0 spiro atoms. The summed E-state index contributed by atoms with van der Waals surface area (Å²) in [5.74, 6) is 0. The largest absolute Gasteiger partial charge is 0.398 e. The van der Waals surface area contributed by atoms with Gasteiger partial charge in [0.25, 0.3) is 0 Å². The molecule has 0 radical (unpaired) electrons. The molecule has 0 saturated heterocycles. The maximum Gasteiger partial charge on any atom is 0.221 e. The fourth-order valence-corrected chi connectivity index (χ4v) is 7.78. The molecule has 7 rings (SSSR count). The molecule has 5 aromatic carbocycles. The Hall–Kier alpha value is -6.01. The third kappa shape index (κ3) is 9.09. The van der Waals surface area contributed by atoms with Crippen LogP contribution in [0.3, 0.4) is 0 Å². The van der Waals surface area contributed by atoms with E-state index in [1.807, 2.05) is 24.3 Å². The third-order valence-electron chi connectivity index (χ3n) is 11.0. The van der Waals surface area contributed by atoms with Crippen molar-refractivity contribution in [1.29, 1.82) is 0 Å². The average Bonchev–Trinajstić information content (AvgIpc) is 3.19. The molecule has 6 heteroatoms. The van der Waals surface area contributed by atoms with E-state index in [1.165, 1.54) is 76.5 Å². The summed E-state index contributed by atoms with van der Waals surface area (Å²) in [6, 6.07) is 36.3. The fraction of sp³-hybridized carbons (Fsp3) is 0.260. The van der Waals surface area contributed by atoms with Gasteiger partial charge >= 0.3 is 0 Å². The van der Waals surface area contributed by atoms with E-state index in [4.69, 9.17) is 11.5 Å². The van der Waals surface area contributed by atoms with Gasteiger partial charge in [0.15, 0.2) is 0 Å².